The topological polar surface area (TPSA) is 0 Å². The van der Waals surface area contributed by atoms with E-state index in [4.69, 9.17) is 11.6 Å². The molecule has 1 aromatic carbocycles. The first-order chi connectivity index (χ1) is 6.31. The Kier molecular flexibility index (Phi) is 2.59. The number of hydrogen-bond acceptors (Lipinski definition) is 0. The predicted molar refractivity (Wildman–Crippen MR) is 57.4 cm³/mol. The van der Waals surface area contributed by atoms with Crippen molar-refractivity contribution < 1.29 is 0 Å². The van der Waals surface area contributed by atoms with Gasteiger partial charge in [0.05, 0.1) is 5.38 Å². The molecule has 0 saturated heterocycles. The van der Waals surface area contributed by atoms with Crippen molar-refractivity contribution in [2.75, 3.05) is 0 Å². The van der Waals surface area contributed by atoms with E-state index in [0.29, 0.717) is 0 Å². The minimum Gasteiger partial charge on any atom is -0.118 e. The van der Waals surface area contributed by atoms with Crippen LogP contribution in [-0.2, 0) is 12.8 Å². The quantitative estimate of drug-likeness (QED) is 0.596. The second-order valence-corrected chi connectivity index (χ2v) is 4.27. The molecule has 0 spiro atoms. The third-order valence-electron chi connectivity index (χ3n) is 2.86. The van der Waals surface area contributed by atoms with Crippen LogP contribution < -0.4 is 0 Å². The molecule has 1 aromatic rings. The van der Waals surface area contributed by atoms with Gasteiger partial charge in [-0.05, 0) is 42.4 Å². The molecule has 1 aliphatic carbocycles. The number of hydrogen-bond donors (Lipinski definition) is 0. The van der Waals surface area contributed by atoms with Gasteiger partial charge in [-0.1, -0.05) is 25.1 Å². The number of halogens is 1. The molecule has 0 nitrogen and oxygen atoms in total. The molecule has 0 aromatic heterocycles. The lowest BCUT2D eigenvalue weighted by molar-refractivity contribution is 0.666. The van der Waals surface area contributed by atoms with E-state index in [-0.39, 0.29) is 5.38 Å². The summed E-state index contributed by atoms with van der Waals surface area (Å²) < 4.78 is 0. The van der Waals surface area contributed by atoms with E-state index in [0.717, 1.165) is 12.8 Å². The van der Waals surface area contributed by atoms with Crippen molar-refractivity contribution >= 4 is 11.6 Å². The fourth-order valence-electron chi connectivity index (χ4n) is 2.01. The van der Waals surface area contributed by atoms with Crippen molar-refractivity contribution in [3.05, 3.63) is 34.9 Å². The molecule has 1 heteroatoms. The number of alkyl halides is 1. The second-order valence-electron chi connectivity index (χ2n) is 3.75. The van der Waals surface area contributed by atoms with E-state index in [1.807, 2.05) is 0 Å². The molecular weight excluding hydrogens is 180 g/mol. The summed E-state index contributed by atoms with van der Waals surface area (Å²) in [6.07, 6.45) is 4.70. The molecule has 0 amide bonds. The Balaban J connectivity index is 2.41. The molecule has 0 bridgehead atoms. The zero-order valence-corrected chi connectivity index (χ0v) is 8.77. The Bertz CT molecular complexity index is 304. The van der Waals surface area contributed by atoms with E-state index < -0.39 is 0 Å². The summed E-state index contributed by atoms with van der Waals surface area (Å²) in [5.74, 6) is 0. The first kappa shape index (κ1) is 9.08. The maximum absolute atomic E-state index is 6.28. The van der Waals surface area contributed by atoms with Crippen LogP contribution in [0.1, 0.15) is 41.8 Å². The number of aryl methyl sites for hydroxylation is 2. The lowest BCUT2D eigenvalue weighted by atomic mass is 9.89. The highest BCUT2D eigenvalue weighted by Crippen LogP contribution is 2.34. The maximum Gasteiger partial charge on any atom is 0.0588 e. The van der Waals surface area contributed by atoms with Gasteiger partial charge in [0.2, 0.25) is 0 Å². The van der Waals surface area contributed by atoms with Crippen LogP contribution in [0.5, 0.6) is 0 Å². The van der Waals surface area contributed by atoms with E-state index in [1.165, 1.54) is 29.5 Å². The van der Waals surface area contributed by atoms with Crippen LogP contribution in [0.2, 0.25) is 0 Å². The minimum atomic E-state index is 0.259. The van der Waals surface area contributed by atoms with Gasteiger partial charge in [0.25, 0.3) is 0 Å². The van der Waals surface area contributed by atoms with E-state index >= 15 is 0 Å². The molecule has 1 atom stereocenters. The number of rotatable bonds is 1. The summed E-state index contributed by atoms with van der Waals surface area (Å²) in [7, 11) is 0. The first-order valence-corrected chi connectivity index (χ1v) is 5.50. The van der Waals surface area contributed by atoms with Gasteiger partial charge in [0, 0.05) is 0 Å². The maximum atomic E-state index is 6.28. The largest absolute Gasteiger partial charge is 0.118 e. The summed E-state index contributed by atoms with van der Waals surface area (Å²) in [5.41, 5.74) is 4.25. The molecule has 1 aliphatic rings. The smallest absolute Gasteiger partial charge is 0.0588 e. The molecule has 70 valence electrons. The van der Waals surface area contributed by atoms with Crippen molar-refractivity contribution in [1.82, 2.24) is 0 Å². The highest BCUT2D eigenvalue weighted by Gasteiger charge is 2.17. The third kappa shape index (κ3) is 1.73. The third-order valence-corrected chi connectivity index (χ3v) is 3.31. The average Bonchev–Trinajstić information content (AvgIpc) is 2.18. The van der Waals surface area contributed by atoms with Crippen molar-refractivity contribution in [2.24, 2.45) is 0 Å². The van der Waals surface area contributed by atoms with Gasteiger partial charge in [-0.25, -0.2) is 0 Å². The van der Waals surface area contributed by atoms with Gasteiger partial charge in [0.15, 0.2) is 0 Å². The lowest BCUT2D eigenvalue weighted by Gasteiger charge is -2.21. The molecule has 0 saturated carbocycles. The van der Waals surface area contributed by atoms with Crippen LogP contribution >= 0.6 is 11.6 Å². The zero-order valence-electron chi connectivity index (χ0n) is 8.02. The van der Waals surface area contributed by atoms with Crippen LogP contribution in [0, 0.1) is 0 Å². The molecule has 0 radical (unpaired) electrons. The molecular formula is C12H15Cl. The zero-order chi connectivity index (χ0) is 9.26. The normalized spacial score (nSPS) is 21.2. The van der Waals surface area contributed by atoms with Crippen molar-refractivity contribution in [3.8, 4) is 0 Å². The molecule has 13 heavy (non-hydrogen) atoms. The fourth-order valence-corrected chi connectivity index (χ4v) is 2.37. The first-order valence-electron chi connectivity index (χ1n) is 5.07. The summed E-state index contributed by atoms with van der Waals surface area (Å²) >= 11 is 6.28. The van der Waals surface area contributed by atoms with Crippen LogP contribution in [0.25, 0.3) is 0 Å². The Morgan fingerprint density at radius 1 is 1.46 bits per heavy atom. The van der Waals surface area contributed by atoms with Gasteiger partial charge < -0.3 is 0 Å². The second kappa shape index (κ2) is 3.71. The van der Waals surface area contributed by atoms with Crippen molar-refractivity contribution in [3.63, 3.8) is 0 Å². The molecule has 0 fully saturated rings. The van der Waals surface area contributed by atoms with Gasteiger partial charge >= 0.3 is 0 Å². The minimum absolute atomic E-state index is 0.259. The molecule has 0 heterocycles. The van der Waals surface area contributed by atoms with Crippen molar-refractivity contribution in [1.29, 1.82) is 0 Å². The molecule has 2 rings (SSSR count). The molecule has 0 aliphatic heterocycles. The highest BCUT2D eigenvalue weighted by molar-refractivity contribution is 6.21. The van der Waals surface area contributed by atoms with Crippen LogP contribution in [0.4, 0.5) is 0 Å². The van der Waals surface area contributed by atoms with Gasteiger partial charge in [-0.15, -0.1) is 11.6 Å². The Morgan fingerprint density at radius 3 is 3.08 bits per heavy atom. The van der Waals surface area contributed by atoms with E-state index in [2.05, 4.69) is 25.1 Å². The van der Waals surface area contributed by atoms with Gasteiger partial charge in [0.1, 0.15) is 0 Å². The van der Waals surface area contributed by atoms with E-state index in [9.17, 15) is 0 Å². The van der Waals surface area contributed by atoms with Gasteiger partial charge in [-0.3, -0.25) is 0 Å². The highest BCUT2D eigenvalue weighted by atomic mass is 35.5. The van der Waals surface area contributed by atoms with Crippen LogP contribution in [-0.4, -0.2) is 0 Å². The standard InChI is InChI=1S/C12H15Cl/c1-2-9-6-7-10-4-3-5-12(13)11(10)8-9/h6-8,12H,2-5H2,1H3. The van der Waals surface area contributed by atoms with Gasteiger partial charge in [-0.2, -0.15) is 0 Å². The summed E-state index contributed by atoms with van der Waals surface area (Å²) in [6, 6.07) is 6.77. The van der Waals surface area contributed by atoms with Crippen molar-refractivity contribution in [2.45, 2.75) is 38.0 Å². The van der Waals surface area contributed by atoms with Crippen LogP contribution in [0.15, 0.2) is 18.2 Å². The monoisotopic (exact) mass is 194 g/mol. The fraction of sp³-hybridized carbons (Fsp3) is 0.500. The molecule has 0 N–H and O–H groups in total. The van der Waals surface area contributed by atoms with E-state index in [1.54, 1.807) is 0 Å². The predicted octanol–water partition coefficient (Wildman–Crippen LogP) is 3.87. The molecule has 1 unspecified atom stereocenters. The summed E-state index contributed by atoms with van der Waals surface area (Å²) in [6.45, 7) is 2.19. The SMILES string of the molecule is CCc1ccc2c(c1)C(Cl)CCC2. The Labute approximate surface area is 84.9 Å². The Hall–Kier alpha value is -0.490. The lowest BCUT2D eigenvalue weighted by Crippen LogP contribution is -2.05. The average molecular weight is 195 g/mol. The van der Waals surface area contributed by atoms with Crippen LogP contribution in [0.3, 0.4) is 0 Å². The summed E-state index contributed by atoms with van der Waals surface area (Å²) in [4.78, 5) is 0. The number of fused-ring (bicyclic) bond motifs is 1. The Morgan fingerprint density at radius 2 is 2.31 bits per heavy atom. The summed E-state index contributed by atoms with van der Waals surface area (Å²) in [5, 5.41) is 0.259. The number of benzene rings is 1.